The zero-order chi connectivity index (χ0) is 17.9. The Hall–Kier alpha value is -2.37. The van der Waals surface area contributed by atoms with Crippen LogP contribution < -0.4 is 10.6 Å². The molecule has 0 spiro atoms. The summed E-state index contributed by atoms with van der Waals surface area (Å²) in [6.45, 7) is 0.662. The molecule has 3 aromatic rings. The van der Waals surface area contributed by atoms with E-state index < -0.39 is 0 Å². The van der Waals surface area contributed by atoms with E-state index in [1.807, 2.05) is 36.4 Å². The van der Waals surface area contributed by atoms with Gasteiger partial charge in [0.1, 0.15) is 5.01 Å². The molecular weight excluding hydrogens is 366 g/mol. The summed E-state index contributed by atoms with van der Waals surface area (Å²) in [5.41, 5.74) is 5.23. The zero-order valence-corrected chi connectivity index (χ0v) is 15.7. The van der Waals surface area contributed by atoms with Crippen LogP contribution in [-0.4, -0.2) is 10.9 Å². The van der Waals surface area contributed by atoms with Crippen molar-refractivity contribution in [2.24, 2.45) is 0 Å². The van der Waals surface area contributed by atoms with Crippen LogP contribution >= 0.6 is 22.9 Å². The number of nitrogens with one attached hydrogen (secondary N) is 2. The first kappa shape index (κ1) is 17.1. The molecule has 0 atom stereocenters. The molecule has 1 aliphatic rings. The highest BCUT2D eigenvalue weighted by Crippen LogP contribution is 2.27. The molecule has 1 amide bonds. The number of anilines is 2. The maximum absolute atomic E-state index is 11.6. The number of carbonyl (C=O) groups is 1. The number of hydrogen-bond acceptors (Lipinski definition) is 4. The van der Waals surface area contributed by atoms with Crippen molar-refractivity contribution >= 4 is 40.2 Å². The summed E-state index contributed by atoms with van der Waals surface area (Å²) in [5, 5.41) is 10.2. The molecule has 0 fully saturated rings. The summed E-state index contributed by atoms with van der Waals surface area (Å²) in [6, 6.07) is 13.8. The monoisotopic (exact) mass is 383 g/mol. The van der Waals surface area contributed by atoms with Gasteiger partial charge in [0.05, 0.1) is 12.2 Å². The minimum Gasteiger partial charge on any atom is -0.379 e. The lowest BCUT2D eigenvalue weighted by atomic mass is 10.1. The number of hydrogen-bond donors (Lipinski definition) is 2. The first-order valence-corrected chi connectivity index (χ1v) is 9.80. The van der Waals surface area contributed by atoms with Crippen LogP contribution in [0.1, 0.15) is 24.1 Å². The van der Waals surface area contributed by atoms with E-state index in [2.05, 4.69) is 22.1 Å². The molecule has 6 heteroatoms. The molecule has 4 rings (SSSR count). The lowest BCUT2D eigenvalue weighted by molar-refractivity contribution is -0.116. The van der Waals surface area contributed by atoms with Crippen LogP contribution in [0.2, 0.25) is 5.02 Å². The molecule has 2 aromatic carbocycles. The highest BCUT2D eigenvalue weighted by molar-refractivity contribution is 7.13. The third-order valence-electron chi connectivity index (χ3n) is 4.35. The van der Waals surface area contributed by atoms with E-state index in [-0.39, 0.29) is 5.91 Å². The Bertz CT molecular complexity index is 936. The fraction of sp³-hybridized carbons (Fsp3) is 0.200. The van der Waals surface area contributed by atoms with Crippen molar-refractivity contribution < 1.29 is 4.79 Å². The number of benzene rings is 2. The van der Waals surface area contributed by atoms with Gasteiger partial charge in [-0.1, -0.05) is 23.7 Å². The number of amides is 1. The van der Waals surface area contributed by atoms with Gasteiger partial charge in [-0.25, -0.2) is 4.98 Å². The minimum absolute atomic E-state index is 0.0988. The quantitative estimate of drug-likeness (QED) is 0.638. The van der Waals surface area contributed by atoms with E-state index in [0.29, 0.717) is 13.0 Å². The molecule has 0 saturated carbocycles. The van der Waals surface area contributed by atoms with Crippen molar-refractivity contribution in [3.05, 3.63) is 64.1 Å². The fourth-order valence-electron chi connectivity index (χ4n) is 2.99. The lowest BCUT2D eigenvalue weighted by Crippen LogP contribution is -2.09. The Labute approximate surface area is 161 Å². The SMILES string of the molecule is O=C1CCCc2cc(NCc3csc(-c4ccc(Cl)cc4)n3)ccc2N1. The van der Waals surface area contributed by atoms with Crippen LogP contribution in [0.5, 0.6) is 0 Å². The molecule has 0 aliphatic carbocycles. The second-order valence-electron chi connectivity index (χ2n) is 6.28. The van der Waals surface area contributed by atoms with E-state index in [1.165, 1.54) is 5.56 Å². The summed E-state index contributed by atoms with van der Waals surface area (Å²) in [5.74, 6) is 0.0988. The maximum atomic E-state index is 11.6. The highest BCUT2D eigenvalue weighted by atomic mass is 35.5. The number of aromatic nitrogens is 1. The molecule has 4 nitrogen and oxygen atoms in total. The number of fused-ring (bicyclic) bond motifs is 1. The highest BCUT2D eigenvalue weighted by Gasteiger charge is 2.13. The van der Waals surface area contributed by atoms with Gasteiger partial charge in [0.25, 0.3) is 0 Å². The molecule has 0 saturated heterocycles. The number of rotatable bonds is 4. The van der Waals surface area contributed by atoms with E-state index >= 15 is 0 Å². The Morgan fingerprint density at radius 2 is 2.00 bits per heavy atom. The summed E-state index contributed by atoms with van der Waals surface area (Å²) in [7, 11) is 0. The molecular formula is C20H18ClN3OS. The molecule has 0 radical (unpaired) electrons. The van der Waals surface area contributed by atoms with Crippen molar-refractivity contribution in [1.82, 2.24) is 4.98 Å². The number of thiazole rings is 1. The second kappa shape index (κ2) is 7.48. The predicted molar refractivity (Wildman–Crippen MR) is 108 cm³/mol. The number of nitrogens with zero attached hydrogens (tertiary/aromatic N) is 1. The summed E-state index contributed by atoms with van der Waals surface area (Å²) >= 11 is 7.57. The third kappa shape index (κ3) is 3.89. The molecule has 26 heavy (non-hydrogen) atoms. The summed E-state index contributed by atoms with van der Waals surface area (Å²) in [6.07, 6.45) is 2.39. The second-order valence-corrected chi connectivity index (χ2v) is 7.57. The van der Waals surface area contributed by atoms with Crippen LogP contribution in [0.3, 0.4) is 0 Å². The van der Waals surface area contributed by atoms with Gasteiger partial charge in [0.2, 0.25) is 5.91 Å². The van der Waals surface area contributed by atoms with Crippen molar-refractivity contribution in [1.29, 1.82) is 0 Å². The van der Waals surface area contributed by atoms with Gasteiger partial charge in [0, 0.05) is 33.8 Å². The van der Waals surface area contributed by atoms with Gasteiger partial charge in [-0.15, -0.1) is 11.3 Å². The minimum atomic E-state index is 0.0988. The van der Waals surface area contributed by atoms with Gasteiger partial charge in [-0.3, -0.25) is 4.79 Å². The topological polar surface area (TPSA) is 54.0 Å². The van der Waals surface area contributed by atoms with Crippen LogP contribution in [0, 0.1) is 0 Å². The summed E-state index contributed by atoms with van der Waals surface area (Å²) in [4.78, 5) is 16.3. The standard InChI is InChI=1S/C20H18ClN3OS/c21-15-6-4-13(5-7-15)20-23-17(12-26-20)11-22-16-8-9-18-14(10-16)2-1-3-19(25)24-18/h4-10,12,22H,1-3,11H2,(H,24,25). The molecule has 132 valence electrons. The Balaban J connectivity index is 1.44. The van der Waals surface area contributed by atoms with E-state index in [4.69, 9.17) is 16.6 Å². The predicted octanol–water partition coefficient (Wildman–Crippen LogP) is 5.35. The molecule has 1 aliphatic heterocycles. The first-order chi connectivity index (χ1) is 12.7. The van der Waals surface area contributed by atoms with Crippen molar-refractivity contribution in [2.45, 2.75) is 25.8 Å². The van der Waals surface area contributed by atoms with E-state index in [0.717, 1.165) is 45.5 Å². The van der Waals surface area contributed by atoms with Gasteiger partial charge in [-0.2, -0.15) is 0 Å². The fourth-order valence-corrected chi connectivity index (χ4v) is 3.94. The summed E-state index contributed by atoms with van der Waals surface area (Å²) < 4.78 is 0. The molecule has 2 N–H and O–H groups in total. The lowest BCUT2D eigenvalue weighted by Gasteiger charge is -2.10. The van der Waals surface area contributed by atoms with E-state index in [9.17, 15) is 4.79 Å². The average molecular weight is 384 g/mol. The van der Waals surface area contributed by atoms with Gasteiger partial charge in [-0.05, 0) is 48.7 Å². The smallest absolute Gasteiger partial charge is 0.224 e. The molecule has 0 bridgehead atoms. The first-order valence-electron chi connectivity index (χ1n) is 8.54. The van der Waals surface area contributed by atoms with Crippen LogP contribution in [0.4, 0.5) is 11.4 Å². The van der Waals surface area contributed by atoms with E-state index in [1.54, 1.807) is 11.3 Å². The van der Waals surface area contributed by atoms with Crippen molar-refractivity contribution in [2.75, 3.05) is 10.6 Å². The normalized spacial score (nSPS) is 13.7. The largest absolute Gasteiger partial charge is 0.379 e. The average Bonchev–Trinajstić information content (AvgIpc) is 3.03. The molecule has 2 heterocycles. The van der Waals surface area contributed by atoms with Crippen LogP contribution in [-0.2, 0) is 17.8 Å². The number of carbonyl (C=O) groups excluding carboxylic acids is 1. The number of aryl methyl sites for hydroxylation is 1. The number of halogens is 1. The maximum Gasteiger partial charge on any atom is 0.224 e. The molecule has 1 aromatic heterocycles. The van der Waals surface area contributed by atoms with Crippen LogP contribution in [0.15, 0.2) is 47.8 Å². The van der Waals surface area contributed by atoms with Crippen LogP contribution in [0.25, 0.3) is 10.6 Å². The Kier molecular flexibility index (Phi) is 4.91. The Morgan fingerprint density at radius 3 is 2.85 bits per heavy atom. The Morgan fingerprint density at radius 1 is 1.15 bits per heavy atom. The third-order valence-corrected chi connectivity index (χ3v) is 5.54. The van der Waals surface area contributed by atoms with Gasteiger partial charge < -0.3 is 10.6 Å². The van der Waals surface area contributed by atoms with Gasteiger partial charge in [0.15, 0.2) is 0 Å². The van der Waals surface area contributed by atoms with Crippen molar-refractivity contribution in [3.63, 3.8) is 0 Å². The van der Waals surface area contributed by atoms with Crippen molar-refractivity contribution in [3.8, 4) is 10.6 Å². The van der Waals surface area contributed by atoms with Gasteiger partial charge >= 0.3 is 0 Å². The zero-order valence-electron chi connectivity index (χ0n) is 14.1. The molecule has 0 unspecified atom stereocenters.